The lowest BCUT2D eigenvalue weighted by Gasteiger charge is -2.42. The van der Waals surface area contributed by atoms with E-state index in [1.54, 1.807) is 29.2 Å². The standard InChI is InChI=1S/C22H21ClF2N4O3.C22H25ClFN3O4/c23-15-3-6-18(17(11-15)28-21(27)31)32-12-19(30)29-9-7-22(13-26,8-10-29)20(25)14-1-4-16(24)5-2-14;1-22(20(29)14-2-5-16(24)6-3-14)8-10-27(11-9-22)19(28)13-31-18-7-4-15(23)12-17(18)26-21(25)30/h1-6,11,20H,7-10,12H2,(H3,27,28,31);2-7,12,20,29H,8-11,13H2,1H3,(H3,25,26,30). The fourth-order valence-corrected chi connectivity index (χ4v) is 7.64. The smallest absolute Gasteiger partial charge is 0.316 e. The molecule has 4 aromatic carbocycles. The van der Waals surface area contributed by atoms with Crippen molar-refractivity contribution in [2.45, 2.75) is 44.9 Å². The zero-order chi connectivity index (χ0) is 45.9. The molecule has 19 heteroatoms. The van der Waals surface area contributed by atoms with E-state index in [2.05, 4.69) is 16.7 Å². The molecule has 0 aliphatic carbocycles. The number of ether oxygens (including phenoxy) is 2. The minimum Gasteiger partial charge on any atom is -0.482 e. The van der Waals surface area contributed by atoms with Crippen LogP contribution in [0.15, 0.2) is 84.9 Å². The molecule has 4 aromatic rings. The highest BCUT2D eigenvalue weighted by molar-refractivity contribution is 6.31. The number of halogens is 5. The van der Waals surface area contributed by atoms with Gasteiger partial charge in [0.15, 0.2) is 13.2 Å². The first-order valence-corrected chi connectivity index (χ1v) is 20.4. The lowest BCUT2D eigenvalue weighted by molar-refractivity contribution is -0.137. The molecule has 63 heavy (non-hydrogen) atoms. The number of nitrogens with two attached hydrogens (primary N) is 2. The minimum atomic E-state index is -1.60. The Hall–Kier alpha value is -6.22. The van der Waals surface area contributed by atoms with Gasteiger partial charge in [0.05, 0.1) is 29.0 Å². The molecule has 0 saturated carbocycles. The van der Waals surface area contributed by atoms with Crippen LogP contribution < -0.4 is 31.6 Å². The maximum Gasteiger partial charge on any atom is 0.316 e. The second-order valence-corrected chi connectivity index (χ2v) is 16.3. The quantitative estimate of drug-likeness (QED) is 0.0940. The summed E-state index contributed by atoms with van der Waals surface area (Å²) in [7, 11) is 0. The molecule has 2 unspecified atom stereocenters. The predicted molar refractivity (Wildman–Crippen MR) is 230 cm³/mol. The van der Waals surface area contributed by atoms with E-state index >= 15 is 4.39 Å². The highest BCUT2D eigenvalue weighted by Gasteiger charge is 2.44. The summed E-state index contributed by atoms with van der Waals surface area (Å²) in [5, 5.41) is 26.0. The van der Waals surface area contributed by atoms with Gasteiger partial charge in [0.25, 0.3) is 11.8 Å². The van der Waals surface area contributed by atoms with Crippen LogP contribution in [0, 0.1) is 33.8 Å². The second-order valence-electron chi connectivity index (χ2n) is 15.4. The first-order valence-electron chi connectivity index (χ1n) is 19.7. The normalized spacial score (nSPS) is 16.2. The molecule has 2 heterocycles. The third-order valence-corrected chi connectivity index (χ3v) is 11.6. The summed E-state index contributed by atoms with van der Waals surface area (Å²) >= 11 is 11.8. The number of carbonyl (C=O) groups is 4. The van der Waals surface area contributed by atoms with Crippen molar-refractivity contribution in [3.8, 4) is 17.6 Å². The van der Waals surface area contributed by atoms with E-state index in [0.29, 0.717) is 41.5 Å². The summed E-state index contributed by atoms with van der Waals surface area (Å²) < 4.78 is 52.6. The van der Waals surface area contributed by atoms with Gasteiger partial charge in [-0.1, -0.05) is 54.4 Å². The Bertz CT molecular complexity index is 2300. The topological polar surface area (TPSA) is 213 Å². The van der Waals surface area contributed by atoms with Crippen LogP contribution in [-0.4, -0.2) is 78.2 Å². The molecule has 6 amide bonds. The van der Waals surface area contributed by atoms with Gasteiger partial charge in [0, 0.05) is 41.6 Å². The summed E-state index contributed by atoms with van der Waals surface area (Å²) in [5.41, 5.74) is 9.94. The number of primary amides is 2. The van der Waals surface area contributed by atoms with Crippen LogP contribution in [0.4, 0.5) is 34.1 Å². The molecule has 0 aromatic heterocycles. The van der Waals surface area contributed by atoms with Crippen LogP contribution >= 0.6 is 23.2 Å². The van der Waals surface area contributed by atoms with Gasteiger partial charge in [-0.05, 0) is 97.5 Å². The van der Waals surface area contributed by atoms with Crippen LogP contribution in [0.2, 0.25) is 10.0 Å². The van der Waals surface area contributed by atoms with Gasteiger partial charge in [-0.2, -0.15) is 5.26 Å². The van der Waals surface area contributed by atoms with Crippen molar-refractivity contribution in [3.05, 3.63) is 118 Å². The minimum absolute atomic E-state index is 0.128. The lowest BCUT2D eigenvalue weighted by atomic mass is 9.73. The van der Waals surface area contributed by atoms with Crippen LogP contribution in [0.25, 0.3) is 0 Å². The molecule has 0 radical (unpaired) electrons. The number of aliphatic hydroxyl groups excluding tert-OH is 1. The van der Waals surface area contributed by atoms with Gasteiger partial charge >= 0.3 is 12.1 Å². The molecule has 7 N–H and O–H groups in total. The zero-order valence-corrected chi connectivity index (χ0v) is 35.6. The van der Waals surface area contributed by atoms with Crippen molar-refractivity contribution >= 4 is 58.5 Å². The highest BCUT2D eigenvalue weighted by atomic mass is 35.5. The first kappa shape index (κ1) is 47.8. The third-order valence-electron chi connectivity index (χ3n) is 11.1. The van der Waals surface area contributed by atoms with E-state index in [1.165, 1.54) is 53.4 Å². The number of alkyl halides is 1. The maximum atomic E-state index is 15.2. The Morgan fingerprint density at radius 1 is 0.730 bits per heavy atom. The van der Waals surface area contributed by atoms with Crippen molar-refractivity contribution in [2.75, 3.05) is 50.0 Å². The summed E-state index contributed by atoms with van der Waals surface area (Å²) in [6.45, 7) is 2.69. The number of rotatable bonds is 12. The van der Waals surface area contributed by atoms with E-state index < -0.39 is 41.0 Å². The Labute approximate surface area is 371 Å². The number of likely N-dealkylation sites (tertiary alicyclic amines) is 2. The molecular weight excluding hydrogens is 866 g/mol. The summed E-state index contributed by atoms with van der Waals surface area (Å²) in [5.74, 6) is -0.902. The van der Waals surface area contributed by atoms with E-state index in [-0.39, 0.29) is 85.2 Å². The molecule has 2 saturated heterocycles. The molecule has 2 fully saturated rings. The number of amides is 6. The van der Waals surface area contributed by atoms with E-state index in [9.17, 15) is 38.3 Å². The average Bonchev–Trinajstić information content (AvgIpc) is 3.26. The number of aliphatic hydroxyl groups is 1. The molecule has 6 rings (SSSR count). The number of hydrogen-bond acceptors (Lipinski definition) is 8. The molecule has 2 aliphatic heterocycles. The van der Waals surface area contributed by atoms with E-state index in [4.69, 9.17) is 44.1 Å². The van der Waals surface area contributed by atoms with Crippen molar-refractivity contribution in [1.82, 2.24) is 9.80 Å². The highest BCUT2D eigenvalue weighted by Crippen LogP contribution is 2.45. The number of carbonyl (C=O) groups excluding carboxylic acids is 4. The van der Waals surface area contributed by atoms with Crippen molar-refractivity contribution in [2.24, 2.45) is 22.3 Å². The zero-order valence-electron chi connectivity index (χ0n) is 34.1. The van der Waals surface area contributed by atoms with Crippen LogP contribution in [0.3, 0.4) is 0 Å². The fourth-order valence-electron chi connectivity index (χ4n) is 7.29. The summed E-state index contributed by atoms with van der Waals surface area (Å²) in [6, 6.07) is 20.4. The number of urea groups is 2. The number of nitrogens with zero attached hydrogens (tertiary/aromatic N) is 3. The van der Waals surface area contributed by atoms with Crippen molar-refractivity contribution in [3.63, 3.8) is 0 Å². The number of nitriles is 1. The molecule has 2 atom stereocenters. The monoisotopic (exact) mass is 911 g/mol. The first-order chi connectivity index (χ1) is 29.9. The predicted octanol–water partition coefficient (Wildman–Crippen LogP) is 7.90. The summed E-state index contributed by atoms with van der Waals surface area (Å²) in [6.07, 6.45) is -0.914. The number of nitrogens with one attached hydrogen (secondary N) is 2. The Kier molecular flexibility index (Phi) is 16.1. The average molecular weight is 913 g/mol. The van der Waals surface area contributed by atoms with Crippen LogP contribution in [0.1, 0.15) is 56.0 Å². The van der Waals surface area contributed by atoms with Gasteiger partial charge in [-0.3, -0.25) is 9.59 Å². The second kappa shape index (κ2) is 21.2. The molecule has 2 aliphatic rings. The van der Waals surface area contributed by atoms with E-state index in [1.807, 2.05) is 6.92 Å². The Morgan fingerprint density at radius 3 is 1.52 bits per heavy atom. The molecule has 14 nitrogen and oxygen atoms in total. The lowest BCUT2D eigenvalue weighted by Crippen LogP contribution is -2.46. The number of benzene rings is 4. The van der Waals surface area contributed by atoms with E-state index in [0.717, 1.165) is 12.1 Å². The fraction of sp³-hybridized carbons (Fsp3) is 0.341. The Balaban J connectivity index is 0.000000238. The van der Waals surface area contributed by atoms with Crippen molar-refractivity contribution < 1.29 is 46.9 Å². The van der Waals surface area contributed by atoms with Gasteiger partial charge in [-0.15, -0.1) is 0 Å². The SMILES string of the molecule is CC1(C(O)c2ccc(F)cc2)CCN(C(=O)COc2ccc(Cl)cc2NC(N)=O)CC1.N#CC1(C(F)c2ccc(F)cc2)CCN(C(=O)COc2ccc(Cl)cc2NC(N)=O)CC1. The maximum absolute atomic E-state index is 15.2. The Morgan fingerprint density at radius 2 is 1.13 bits per heavy atom. The van der Waals surface area contributed by atoms with Crippen LogP contribution in [-0.2, 0) is 9.59 Å². The third kappa shape index (κ3) is 12.7. The van der Waals surface area contributed by atoms with Gasteiger partial charge in [0.1, 0.15) is 29.3 Å². The summed E-state index contributed by atoms with van der Waals surface area (Å²) in [4.78, 5) is 50.7. The van der Waals surface area contributed by atoms with Crippen molar-refractivity contribution in [1.29, 1.82) is 5.26 Å². The number of hydrogen-bond donors (Lipinski definition) is 5. The molecule has 0 bridgehead atoms. The largest absolute Gasteiger partial charge is 0.482 e. The number of piperidine rings is 2. The number of anilines is 2. The van der Waals surface area contributed by atoms with Gasteiger partial charge in [0.2, 0.25) is 0 Å². The molecule has 0 spiro atoms. The van der Waals surface area contributed by atoms with Crippen LogP contribution in [0.5, 0.6) is 11.5 Å². The van der Waals surface area contributed by atoms with Gasteiger partial charge in [-0.25, -0.2) is 22.8 Å². The molecule has 334 valence electrons. The molecular formula is C44H46Cl2F3N7O7. The van der Waals surface area contributed by atoms with Gasteiger partial charge < -0.3 is 46.5 Å².